The Morgan fingerprint density at radius 2 is 2.00 bits per heavy atom. The van der Waals surface area contributed by atoms with Gasteiger partial charge in [0.25, 0.3) is 0 Å². The summed E-state index contributed by atoms with van der Waals surface area (Å²) in [6.45, 7) is 7.69. The first-order valence-electron chi connectivity index (χ1n) is 7.87. The summed E-state index contributed by atoms with van der Waals surface area (Å²) in [5.41, 5.74) is -0.393. The van der Waals surface area contributed by atoms with E-state index in [1.165, 1.54) is 38.6 Å². The highest BCUT2D eigenvalue weighted by Gasteiger charge is 2.31. The molecule has 18 heavy (non-hydrogen) atoms. The third-order valence-electron chi connectivity index (χ3n) is 4.66. The predicted octanol–water partition coefficient (Wildman–Crippen LogP) is 2.00. The molecule has 0 aromatic rings. The van der Waals surface area contributed by atoms with E-state index in [4.69, 9.17) is 0 Å². The Kier molecular flexibility index (Phi) is 5.46. The highest BCUT2D eigenvalue weighted by molar-refractivity contribution is 4.86. The number of piperidine rings is 1. The van der Waals surface area contributed by atoms with Crippen LogP contribution in [0.1, 0.15) is 51.9 Å². The minimum absolute atomic E-state index is 0.393. The van der Waals surface area contributed by atoms with Gasteiger partial charge < -0.3 is 15.3 Å². The van der Waals surface area contributed by atoms with Gasteiger partial charge in [-0.2, -0.15) is 0 Å². The van der Waals surface area contributed by atoms with Crippen LogP contribution in [-0.2, 0) is 0 Å². The fourth-order valence-electron chi connectivity index (χ4n) is 3.53. The molecule has 1 aliphatic carbocycles. The van der Waals surface area contributed by atoms with E-state index >= 15 is 0 Å². The molecule has 1 heterocycles. The van der Waals surface area contributed by atoms with Crippen molar-refractivity contribution in [3.05, 3.63) is 0 Å². The molecule has 1 saturated heterocycles. The molecule has 3 heteroatoms. The lowest BCUT2D eigenvalue weighted by atomic mass is 9.84. The summed E-state index contributed by atoms with van der Waals surface area (Å²) in [4.78, 5) is 2.48. The van der Waals surface area contributed by atoms with Crippen molar-refractivity contribution in [1.29, 1.82) is 0 Å². The number of hydrogen-bond donors (Lipinski definition) is 2. The maximum absolute atomic E-state index is 10.6. The molecule has 0 aromatic heterocycles. The molecular formula is C15H30N2O. The second-order valence-electron chi connectivity index (χ2n) is 6.33. The Morgan fingerprint density at radius 1 is 1.22 bits per heavy atom. The minimum atomic E-state index is -0.393. The second kappa shape index (κ2) is 6.88. The van der Waals surface area contributed by atoms with Crippen molar-refractivity contribution in [2.24, 2.45) is 5.92 Å². The first-order chi connectivity index (χ1) is 8.72. The van der Waals surface area contributed by atoms with Crippen LogP contribution >= 0.6 is 0 Å². The van der Waals surface area contributed by atoms with Gasteiger partial charge >= 0.3 is 0 Å². The lowest BCUT2D eigenvalue weighted by molar-refractivity contribution is -0.0286. The van der Waals surface area contributed by atoms with Gasteiger partial charge in [-0.1, -0.05) is 26.2 Å². The van der Waals surface area contributed by atoms with Crippen LogP contribution in [0.3, 0.4) is 0 Å². The molecular weight excluding hydrogens is 224 g/mol. The normalized spacial score (nSPS) is 28.5. The molecule has 0 amide bonds. The third kappa shape index (κ3) is 4.22. The SMILES string of the molecule is CCN(CC1CCCNC1)CC1(O)CCCCC1. The van der Waals surface area contributed by atoms with Gasteiger partial charge in [-0.25, -0.2) is 0 Å². The molecule has 0 spiro atoms. The van der Waals surface area contributed by atoms with Crippen molar-refractivity contribution in [2.75, 3.05) is 32.7 Å². The lowest BCUT2D eigenvalue weighted by Crippen LogP contribution is -2.47. The van der Waals surface area contributed by atoms with E-state index in [1.54, 1.807) is 0 Å². The summed E-state index contributed by atoms with van der Waals surface area (Å²) < 4.78 is 0. The minimum Gasteiger partial charge on any atom is -0.389 e. The third-order valence-corrected chi connectivity index (χ3v) is 4.66. The van der Waals surface area contributed by atoms with Crippen LogP contribution in [-0.4, -0.2) is 48.3 Å². The zero-order valence-electron chi connectivity index (χ0n) is 12.0. The highest BCUT2D eigenvalue weighted by atomic mass is 16.3. The Labute approximate surface area is 112 Å². The van der Waals surface area contributed by atoms with Gasteiger partial charge in [-0.15, -0.1) is 0 Å². The van der Waals surface area contributed by atoms with Crippen LogP contribution in [0.2, 0.25) is 0 Å². The van der Waals surface area contributed by atoms with Crippen LogP contribution in [0.5, 0.6) is 0 Å². The van der Waals surface area contributed by atoms with Crippen LogP contribution in [0.15, 0.2) is 0 Å². The van der Waals surface area contributed by atoms with Gasteiger partial charge in [0.05, 0.1) is 5.60 Å². The summed E-state index contributed by atoms with van der Waals surface area (Å²) in [5, 5.41) is 14.1. The number of nitrogens with one attached hydrogen (secondary N) is 1. The van der Waals surface area contributed by atoms with E-state index < -0.39 is 5.60 Å². The second-order valence-corrected chi connectivity index (χ2v) is 6.33. The number of aliphatic hydroxyl groups is 1. The molecule has 1 saturated carbocycles. The largest absolute Gasteiger partial charge is 0.389 e. The molecule has 0 bridgehead atoms. The molecule has 2 N–H and O–H groups in total. The Hall–Kier alpha value is -0.120. The number of likely N-dealkylation sites (N-methyl/N-ethyl adjacent to an activating group) is 1. The van der Waals surface area contributed by atoms with Crippen molar-refractivity contribution in [2.45, 2.75) is 57.5 Å². The van der Waals surface area contributed by atoms with E-state index in [0.717, 1.165) is 44.9 Å². The Morgan fingerprint density at radius 3 is 2.61 bits per heavy atom. The molecule has 2 fully saturated rings. The standard InChI is InChI=1S/C15H30N2O/c1-2-17(12-14-7-6-10-16-11-14)13-15(18)8-4-3-5-9-15/h14,16,18H,2-13H2,1H3. The zero-order chi connectivity index (χ0) is 12.8. The van der Waals surface area contributed by atoms with Gasteiger partial charge in [-0.05, 0) is 51.2 Å². The maximum Gasteiger partial charge on any atom is 0.0774 e. The summed E-state index contributed by atoms with van der Waals surface area (Å²) in [6, 6.07) is 0. The molecule has 0 aromatic carbocycles. The fraction of sp³-hybridized carbons (Fsp3) is 1.00. The zero-order valence-corrected chi connectivity index (χ0v) is 12.0. The summed E-state index contributed by atoms with van der Waals surface area (Å²) >= 11 is 0. The van der Waals surface area contributed by atoms with Crippen molar-refractivity contribution >= 4 is 0 Å². The molecule has 1 aliphatic heterocycles. The highest BCUT2D eigenvalue weighted by Crippen LogP contribution is 2.29. The molecule has 106 valence electrons. The van der Waals surface area contributed by atoms with E-state index in [2.05, 4.69) is 17.1 Å². The van der Waals surface area contributed by atoms with Crippen LogP contribution in [0.25, 0.3) is 0 Å². The van der Waals surface area contributed by atoms with Crippen LogP contribution < -0.4 is 5.32 Å². The maximum atomic E-state index is 10.6. The molecule has 1 atom stereocenters. The van der Waals surface area contributed by atoms with E-state index in [-0.39, 0.29) is 0 Å². The topological polar surface area (TPSA) is 35.5 Å². The Balaban J connectivity index is 1.80. The summed E-state index contributed by atoms with van der Waals surface area (Å²) in [7, 11) is 0. The van der Waals surface area contributed by atoms with Gasteiger partial charge in [0.1, 0.15) is 0 Å². The van der Waals surface area contributed by atoms with Gasteiger partial charge in [-0.3, -0.25) is 0 Å². The predicted molar refractivity (Wildman–Crippen MR) is 75.7 cm³/mol. The monoisotopic (exact) mass is 254 g/mol. The number of nitrogens with zero attached hydrogens (tertiary/aromatic N) is 1. The summed E-state index contributed by atoms with van der Waals surface area (Å²) in [6.07, 6.45) is 8.40. The average Bonchev–Trinajstić information content (AvgIpc) is 2.40. The van der Waals surface area contributed by atoms with Crippen molar-refractivity contribution in [1.82, 2.24) is 10.2 Å². The number of hydrogen-bond acceptors (Lipinski definition) is 3. The fourth-order valence-corrected chi connectivity index (χ4v) is 3.53. The number of rotatable bonds is 5. The molecule has 2 aliphatic rings. The first-order valence-corrected chi connectivity index (χ1v) is 7.87. The van der Waals surface area contributed by atoms with Gasteiger partial charge in [0, 0.05) is 13.1 Å². The molecule has 1 unspecified atom stereocenters. The molecule has 3 nitrogen and oxygen atoms in total. The summed E-state index contributed by atoms with van der Waals surface area (Å²) in [5.74, 6) is 0.783. The van der Waals surface area contributed by atoms with Crippen molar-refractivity contribution in [3.8, 4) is 0 Å². The van der Waals surface area contributed by atoms with Crippen LogP contribution in [0, 0.1) is 5.92 Å². The van der Waals surface area contributed by atoms with E-state index in [0.29, 0.717) is 0 Å². The lowest BCUT2D eigenvalue weighted by Gasteiger charge is -2.38. The van der Waals surface area contributed by atoms with E-state index in [9.17, 15) is 5.11 Å². The van der Waals surface area contributed by atoms with Gasteiger partial charge in [0.15, 0.2) is 0 Å². The molecule has 2 rings (SSSR count). The molecule has 0 radical (unpaired) electrons. The van der Waals surface area contributed by atoms with Crippen LogP contribution in [0.4, 0.5) is 0 Å². The van der Waals surface area contributed by atoms with Crippen molar-refractivity contribution in [3.63, 3.8) is 0 Å². The Bertz CT molecular complexity index is 233. The first kappa shape index (κ1) is 14.3. The quantitative estimate of drug-likeness (QED) is 0.788. The van der Waals surface area contributed by atoms with E-state index in [1.807, 2.05) is 0 Å². The van der Waals surface area contributed by atoms with Crippen molar-refractivity contribution < 1.29 is 5.11 Å². The van der Waals surface area contributed by atoms with Gasteiger partial charge in [0.2, 0.25) is 0 Å². The smallest absolute Gasteiger partial charge is 0.0774 e. The average molecular weight is 254 g/mol.